The van der Waals surface area contributed by atoms with Crippen molar-refractivity contribution in [2.75, 3.05) is 0 Å². The zero-order valence-corrected chi connectivity index (χ0v) is 13.5. The van der Waals surface area contributed by atoms with Crippen molar-refractivity contribution in [2.24, 2.45) is 0 Å². The standard InChI is InChI=1S/C16H13N5OS/c1-10-7-11(2)18-15(13(10)8-17)23-9-21-16(22)12-5-3-4-6-14(12)19-20-21/h3-7H,9H2,1-2H3. The second-order valence-electron chi connectivity index (χ2n) is 5.06. The number of rotatable bonds is 3. The number of nitriles is 1. The van der Waals surface area contributed by atoms with E-state index in [0.29, 0.717) is 21.5 Å². The van der Waals surface area contributed by atoms with Crippen LogP contribution >= 0.6 is 11.8 Å². The van der Waals surface area contributed by atoms with Crippen molar-refractivity contribution in [2.45, 2.75) is 24.8 Å². The van der Waals surface area contributed by atoms with Crippen LogP contribution < -0.4 is 5.56 Å². The predicted molar refractivity (Wildman–Crippen MR) is 88.1 cm³/mol. The van der Waals surface area contributed by atoms with Crippen LogP contribution in [0.5, 0.6) is 0 Å². The highest BCUT2D eigenvalue weighted by molar-refractivity contribution is 7.98. The second-order valence-corrected chi connectivity index (χ2v) is 5.99. The van der Waals surface area contributed by atoms with Crippen molar-refractivity contribution < 1.29 is 0 Å². The number of hydrogen-bond donors (Lipinski definition) is 0. The molecule has 0 radical (unpaired) electrons. The number of pyridine rings is 1. The van der Waals surface area contributed by atoms with Crippen LogP contribution in [0.15, 0.2) is 40.2 Å². The van der Waals surface area contributed by atoms with Gasteiger partial charge >= 0.3 is 0 Å². The first-order chi connectivity index (χ1) is 11.1. The van der Waals surface area contributed by atoms with Gasteiger partial charge in [0, 0.05) is 5.69 Å². The molecule has 3 rings (SSSR count). The lowest BCUT2D eigenvalue weighted by molar-refractivity contribution is 0.644. The van der Waals surface area contributed by atoms with Crippen LogP contribution in [0.1, 0.15) is 16.8 Å². The summed E-state index contributed by atoms with van der Waals surface area (Å²) in [5.74, 6) is 0.251. The molecule has 0 aliphatic carbocycles. The maximum Gasteiger partial charge on any atom is 0.278 e. The summed E-state index contributed by atoms with van der Waals surface area (Å²) in [5, 5.41) is 18.4. The van der Waals surface area contributed by atoms with Crippen molar-refractivity contribution >= 4 is 22.7 Å². The summed E-state index contributed by atoms with van der Waals surface area (Å²) < 4.78 is 1.29. The minimum atomic E-state index is -0.203. The highest BCUT2D eigenvalue weighted by Gasteiger charge is 2.11. The third kappa shape index (κ3) is 2.94. The van der Waals surface area contributed by atoms with Gasteiger partial charge in [0.05, 0.1) is 16.8 Å². The van der Waals surface area contributed by atoms with Crippen LogP contribution in [0.4, 0.5) is 0 Å². The molecule has 0 N–H and O–H groups in total. The number of hydrogen-bond acceptors (Lipinski definition) is 6. The Bertz CT molecular complexity index is 990. The van der Waals surface area contributed by atoms with E-state index in [4.69, 9.17) is 0 Å². The van der Waals surface area contributed by atoms with E-state index < -0.39 is 0 Å². The first-order valence-corrected chi connectivity index (χ1v) is 7.92. The molecular weight excluding hydrogens is 310 g/mol. The lowest BCUT2D eigenvalue weighted by Gasteiger charge is -2.08. The molecule has 114 valence electrons. The van der Waals surface area contributed by atoms with Crippen molar-refractivity contribution in [3.8, 4) is 6.07 Å². The minimum Gasteiger partial charge on any atom is -0.267 e. The van der Waals surface area contributed by atoms with Crippen molar-refractivity contribution in [3.05, 3.63) is 57.5 Å². The molecule has 0 fully saturated rings. The Labute approximate surface area is 136 Å². The van der Waals surface area contributed by atoms with Gasteiger partial charge < -0.3 is 0 Å². The van der Waals surface area contributed by atoms with Crippen LogP contribution in [-0.2, 0) is 5.88 Å². The Morgan fingerprint density at radius 1 is 1.30 bits per heavy atom. The van der Waals surface area contributed by atoms with Gasteiger partial charge in [-0.05, 0) is 37.6 Å². The monoisotopic (exact) mass is 323 g/mol. The largest absolute Gasteiger partial charge is 0.278 e. The molecule has 0 bridgehead atoms. The summed E-state index contributed by atoms with van der Waals surface area (Å²) >= 11 is 1.30. The van der Waals surface area contributed by atoms with E-state index in [-0.39, 0.29) is 11.4 Å². The first kappa shape index (κ1) is 15.2. The number of aromatic nitrogens is 4. The van der Waals surface area contributed by atoms with E-state index in [0.717, 1.165) is 11.3 Å². The second kappa shape index (κ2) is 6.18. The maximum atomic E-state index is 12.4. The van der Waals surface area contributed by atoms with Gasteiger partial charge in [0.15, 0.2) is 0 Å². The number of thioether (sulfide) groups is 1. The molecule has 0 spiro atoms. The Hall–Kier alpha value is -2.72. The molecule has 2 aromatic heterocycles. The summed E-state index contributed by atoms with van der Waals surface area (Å²) in [5.41, 5.74) is 2.61. The van der Waals surface area contributed by atoms with Gasteiger partial charge in [0.2, 0.25) is 0 Å². The molecule has 0 amide bonds. The lowest BCUT2D eigenvalue weighted by atomic mass is 10.1. The molecular formula is C16H13N5OS. The molecule has 2 heterocycles. The molecule has 6 nitrogen and oxygen atoms in total. The number of nitrogens with zero attached hydrogens (tertiary/aromatic N) is 5. The van der Waals surface area contributed by atoms with Gasteiger partial charge in [-0.3, -0.25) is 4.79 Å². The van der Waals surface area contributed by atoms with E-state index in [1.165, 1.54) is 16.4 Å². The molecule has 0 saturated heterocycles. The SMILES string of the molecule is Cc1cc(C)c(C#N)c(SCn2nnc3ccccc3c2=O)n1. The van der Waals surface area contributed by atoms with E-state index >= 15 is 0 Å². The molecule has 23 heavy (non-hydrogen) atoms. The summed E-state index contributed by atoms with van der Waals surface area (Å²) in [6, 6.07) is 11.1. The molecule has 3 aromatic rings. The third-order valence-electron chi connectivity index (χ3n) is 3.38. The van der Waals surface area contributed by atoms with Gasteiger partial charge in [-0.25, -0.2) is 4.98 Å². The highest BCUT2D eigenvalue weighted by Crippen LogP contribution is 2.24. The van der Waals surface area contributed by atoms with E-state index in [9.17, 15) is 10.1 Å². The zero-order valence-electron chi connectivity index (χ0n) is 12.6. The minimum absolute atomic E-state index is 0.203. The van der Waals surface area contributed by atoms with Gasteiger partial charge in [-0.15, -0.1) is 5.10 Å². The smallest absolute Gasteiger partial charge is 0.267 e. The Kier molecular flexibility index (Phi) is 4.08. The van der Waals surface area contributed by atoms with Crippen molar-refractivity contribution in [3.63, 3.8) is 0 Å². The van der Waals surface area contributed by atoms with Gasteiger partial charge in [-0.1, -0.05) is 29.1 Å². The van der Waals surface area contributed by atoms with E-state index in [1.54, 1.807) is 18.2 Å². The fraction of sp³-hybridized carbons (Fsp3) is 0.188. The van der Waals surface area contributed by atoms with Crippen LogP contribution in [-0.4, -0.2) is 20.0 Å². The molecule has 7 heteroatoms. The molecule has 0 unspecified atom stereocenters. The normalized spacial score (nSPS) is 10.7. The Morgan fingerprint density at radius 3 is 2.87 bits per heavy atom. The molecule has 0 saturated carbocycles. The molecule has 0 aliphatic rings. The Balaban J connectivity index is 1.95. The number of fused-ring (bicyclic) bond motifs is 1. The summed E-state index contributed by atoms with van der Waals surface area (Å²) in [6.07, 6.45) is 0. The average molecular weight is 323 g/mol. The van der Waals surface area contributed by atoms with Crippen molar-refractivity contribution in [1.29, 1.82) is 5.26 Å². The van der Waals surface area contributed by atoms with Crippen LogP contribution in [0, 0.1) is 25.2 Å². The predicted octanol–water partition coefficient (Wildman–Crippen LogP) is 2.42. The van der Waals surface area contributed by atoms with Crippen molar-refractivity contribution in [1.82, 2.24) is 20.0 Å². The molecule has 0 atom stereocenters. The fourth-order valence-corrected chi connectivity index (χ4v) is 3.25. The van der Waals surface area contributed by atoms with Gasteiger partial charge in [-0.2, -0.15) is 9.94 Å². The molecule has 0 aliphatic heterocycles. The maximum absolute atomic E-state index is 12.4. The number of benzene rings is 1. The van der Waals surface area contributed by atoms with E-state index in [1.807, 2.05) is 26.0 Å². The molecule has 1 aromatic carbocycles. The first-order valence-electron chi connectivity index (χ1n) is 6.94. The van der Waals surface area contributed by atoms with Crippen LogP contribution in [0.25, 0.3) is 10.9 Å². The van der Waals surface area contributed by atoms with E-state index in [2.05, 4.69) is 21.4 Å². The van der Waals surface area contributed by atoms with Gasteiger partial charge in [0.25, 0.3) is 5.56 Å². The van der Waals surface area contributed by atoms with Gasteiger partial charge in [0.1, 0.15) is 16.6 Å². The van der Waals surface area contributed by atoms with Crippen LogP contribution in [0.3, 0.4) is 0 Å². The average Bonchev–Trinajstić information content (AvgIpc) is 2.54. The topological polar surface area (TPSA) is 84.5 Å². The summed E-state index contributed by atoms with van der Waals surface area (Å²) in [7, 11) is 0. The Morgan fingerprint density at radius 2 is 2.09 bits per heavy atom. The summed E-state index contributed by atoms with van der Waals surface area (Å²) in [4.78, 5) is 16.8. The number of aryl methyl sites for hydroxylation is 2. The lowest BCUT2D eigenvalue weighted by Crippen LogP contribution is -2.23. The zero-order chi connectivity index (χ0) is 16.4. The summed E-state index contributed by atoms with van der Waals surface area (Å²) in [6.45, 7) is 3.75. The quantitative estimate of drug-likeness (QED) is 0.688. The highest BCUT2D eigenvalue weighted by atomic mass is 32.2. The third-order valence-corrected chi connectivity index (χ3v) is 4.32. The fourth-order valence-electron chi connectivity index (χ4n) is 2.27. The van der Waals surface area contributed by atoms with Crippen LogP contribution in [0.2, 0.25) is 0 Å².